The summed E-state index contributed by atoms with van der Waals surface area (Å²) >= 11 is 0. The highest BCUT2D eigenvalue weighted by atomic mass is 15.1. The van der Waals surface area contributed by atoms with Crippen LogP contribution in [-0.4, -0.2) is 19.5 Å². The summed E-state index contributed by atoms with van der Waals surface area (Å²) in [7, 11) is 0. The molecule has 3 heterocycles. The van der Waals surface area contributed by atoms with Gasteiger partial charge in [0.05, 0.1) is 29.7 Å². The predicted octanol–water partition coefficient (Wildman–Crippen LogP) is 6.10. The van der Waals surface area contributed by atoms with Crippen molar-refractivity contribution in [3.8, 4) is 22.9 Å². The van der Waals surface area contributed by atoms with Gasteiger partial charge >= 0.3 is 0 Å². The molecule has 0 fully saturated rings. The number of hydrogen-bond donors (Lipinski definition) is 1. The Morgan fingerprint density at radius 3 is 2.69 bits per heavy atom. The lowest BCUT2D eigenvalue weighted by Gasteiger charge is -2.11. The minimum atomic E-state index is 0.415. The van der Waals surface area contributed by atoms with Gasteiger partial charge in [0.25, 0.3) is 0 Å². The van der Waals surface area contributed by atoms with Gasteiger partial charge < -0.3 is 4.98 Å². The zero-order valence-corrected chi connectivity index (χ0v) is 17.5. The van der Waals surface area contributed by atoms with Crippen LogP contribution in [0.3, 0.4) is 0 Å². The Balaban J connectivity index is 1.56. The second-order valence-corrected chi connectivity index (χ2v) is 8.06. The van der Waals surface area contributed by atoms with Crippen LogP contribution < -0.4 is 0 Å². The van der Waals surface area contributed by atoms with Gasteiger partial charge in [0, 0.05) is 22.8 Å². The lowest BCUT2D eigenvalue weighted by atomic mass is 10.0. The molecule has 0 bridgehead atoms. The van der Waals surface area contributed by atoms with Crippen molar-refractivity contribution in [2.75, 3.05) is 0 Å². The zero-order valence-electron chi connectivity index (χ0n) is 17.5. The highest BCUT2D eigenvalue weighted by molar-refractivity contribution is 6.04. The van der Waals surface area contributed by atoms with Gasteiger partial charge in [-0.2, -0.15) is 5.26 Å². The maximum Gasteiger partial charge on any atom is 0.108 e. The molecule has 0 spiro atoms. The Bertz CT molecular complexity index is 1680. The van der Waals surface area contributed by atoms with Crippen molar-refractivity contribution in [1.29, 1.82) is 5.26 Å². The standard InChI is InChI=1S/C27H19N5/c1-17-12-22(5-2-18(17)8-10-28)32-16-31-26-15-30-25-7-4-20(14-23(25)27(26)32)19-3-6-24-21(13-19)9-11-29-24/h2-7,9,11-16,29H,8H2,1H3. The molecule has 5 nitrogen and oxygen atoms in total. The van der Waals surface area contributed by atoms with Crippen LogP contribution >= 0.6 is 0 Å². The summed E-state index contributed by atoms with van der Waals surface area (Å²) in [5, 5.41) is 11.3. The minimum Gasteiger partial charge on any atom is -0.361 e. The van der Waals surface area contributed by atoms with Crippen molar-refractivity contribution in [1.82, 2.24) is 19.5 Å². The van der Waals surface area contributed by atoms with Gasteiger partial charge in [-0.15, -0.1) is 0 Å². The first kappa shape index (κ1) is 18.3. The molecule has 0 aliphatic rings. The van der Waals surface area contributed by atoms with E-state index in [1.165, 1.54) is 10.9 Å². The average molecular weight is 413 g/mol. The molecule has 5 heteroatoms. The number of nitriles is 1. The first-order valence-corrected chi connectivity index (χ1v) is 10.5. The van der Waals surface area contributed by atoms with E-state index >= 15 is 0 Å². The number of H-pyrrole nitrogens is 1. The van der Waals surface area contributed by atoms with E-state index in [1.54, 1.807) is 0 Å². The highest BCUT2D eigenvalue weighted by Crippen LogP contribution is 2.31. The van der Waals surface area contributed by atoms with Crippen LogP contribution in [-0.2, 0) is 6.42 Å². The lowest BCUT2D eigenvalue weighted by molar-refractivity contribution is 1.08. The van der Waals surface area contributed by atoms with Crippen molar-refractivity contribution in [3.63, 3.8) is 0 Å². The predicted molar refractivity (Wildman–Crippen MR) is 128 cm³/mol. The molecule has 3 aromatic carbocycles. The molecule has 0 saturated carbocycles. The van der Waals surface area contributed by atoms with Gasteiger partial charge in [0.15, 0.2) is 0 Å². The fourth-order valence-electron chi connectivity index (χ4n) is 4.42. The van der Waals surface area contributed by atoms with Crippen molar-refractivity contribution in [2.45, 2.75) is 13.3 Å². The lowest BCUT2D eigenvalue weighted by Crippen LogP contribution is -1.96. The molecule has 32 heavy (non-hydrogen) atoms. The van der Waals surface area contributed by atoms with Gasteiger partial charge in [-0.25, -0.2) is 4.98 Å². The molecule has 1 N–H and O–H groups in total. The third-order valence-electron chi connectivity index (χ3n) is 6.13. The molecule has 0 aliphatic heterocycles. The van der Waals surface area contributed by atoms with E-state index in [9.17, 15) is 0 Å². The summed E-state index contributed by atoms with van der Waals surface area (Å²) in [5.74, 6) is 0. The Hall–Kier alpha value is -4.43. The third kappa shape index (κ3) is 2.85. The summed E-state index contributed by atoms with van der Waals surface area (Å²) < 4.78 is 2.11. The van der Waals surface area contributed by atoms with Crippen molar-refractivity contribution >= 4 is 32.8 Å². The fourth-order valence-corrected chi connectivity index (χ4v) is 4.42. The second-order valence-electron chi connectivity index (χ2n) is 8.06. The molecule has 0 amide bonds. The summed E-state index contributed by atoms with van der Waals surface area (Å²) in [6, 6.07) is 23.4. The number of aryl methyl sites for hydroxylation is 1. The zero-order chi connectivity index (χ0) is 21.7. The number of imidazole rings is 1. The van der Waals surface area contributed by atoms with E-state index < -0.39 is 0 Å². The van der Waals surface area contributed by atoms with Crippen LogP contribution in [0.1, 0.15) is 11.1 Å². The number of rotatable bonds is 3. The Kier molecular flexibility index (Phi) is 4.05. The summed E-state index contributed by atoms with van der Waals surface area (Å²) in [6.07, 6.45) is 6.06. The number of hydrogen-bond acceptors (Lipinski definition) is 3. The first-order chi connectivity index (χ1) is 15.7. The van der Waals surface area contributed by atoms with Gasteiger partial charge in [0.2, 0.25) is 0 Å². The molecule has 0 atom stereocenters. The summed E-state index contributed by atoms with van der Waals surface area (Å²) in [6.45, 7) is 2.05. The molecule has 152 valence electrons. The molecule has 6 rings (SSSR count). The van der Waals surface area contributed by atoms with E-state index in [4.69, 9.17) is 5.26 Å². The third-order valence-corrected chi connectivity index (χ3v) is 6.13. The molecule has 6 aromatic rings. The van der Waals surface area contributed by atoms with E-state index in [-0.39, 0.29) is 0 Å². The number of aromatic amines is 1. The van der Waals surface area contributed by atoms with E-state index in [0.29, 0.717) is 6.42 Å². The highest BCUT2D eigenvalue weighted by Gasteiger charge is 2.12. The van der Waals surface area contributed by atoms with Gasteiger partial charge in [-0.1, -0.05) is 18.2 Å². The number of aromatic nitrogens is 4. The Morgan fingerprint density at radius 1 is 0.938 bits per heavy atom. The SMILES string of the molecule is Cc1cc(-n2cnc3cnc4ccc(-c5ccc6[nH]ccc6c5)cc4c32)ccc1CC#N. The van der Waals surface area contributed by atoms with E-state index in [1.807, 2.05) is 31.7 Å². The normalized spacial score (nSPS) is 11.4. The number of pyridine rings is 1. The summed E-state index contributed by atoms with van der Waals surface area (Å²) in [4.78, 5) is 12.5. The number of benzene rings is 3. The molecule has 0 radical (unpaired) electrons. The van der Waals surface area contributed by atoms with Gasteiger partial charge in [-0.05, 0) is 77.0 Å². The van der Waals surface area contributed by atoms with E-state index in [0.717, 1.165) is 49.8 Å². The molecule has 0 unspecified atom stereocenters. The fraction of sp³-hybridized carbons (Fsp3) is 0.0741. The molecule has 3 aromatic heterocycles. The quantitative estimate of drug-likeness (QED) is 0.381. The van der Waals surface area contributed by atoms with Crippen molar-refractivity contribution in [3.05, 3.63) is 90.5 Å². The van der Waals surface area contributed by atoms with E-state index in [2.05, 4.69) is 80.2 Å². The minimum absolute atomic E-state index is 0.415. The molecular formula is C27H19N5. The van der Waals surface area contributed by atoms with Gasteiger partial charge in [-0.3, -0.25) is 9.55 Å². The summed E-state index contributed by atoms with van der Waals surface area (Å²) in [5.41, 5.74) is 9.44. The van der Waals surface area contributed by atoms with Crippen LogP contribution in [0.4, 0.5) is 0 Å². The first-order valence-electron chi connectivity index (χ1n) is 10.5. The average Bonchev–Trinajstić information content (AvgIpc) is 3.47. The number of nitrogens with one attached hydrogen (secondary N) is 1. The molecule has 0 saturated heterocycles. The maximum absolute atomic E-state index is 9.05. The number of nitrogens with zero attached hydrogens (tertiary/aromatic N) is 4. The maximum atomic E-state index is 9.05. The number of fused-ring (bicyclic) bond motifs is 4. The van der Waals surface area contributed by atoms with Crippen LogP contribution in [0.25, 0.3) is 49.7 Å². The molecular weight excluding hydrogens is 394 g/mol. The van der Waals surface area contributed by atoms with Crippen LogP contribution in [0, 0.1) is 18.3 Å². The topological polar surface area (TPSA) is 70.3 Å². The van der Waals surface area contributed by atoms with Crippen LogP contribution in [0.15, 0.2) is 79.4 Å². The Morgan fingerprint density at radius 2 is 1.81 bits per heavy atom. The monoisotopic (exact) mass is 413 g/mol. The van der Waals surface area contributed by atoms with Crippen molar-refractivity contribution < 1.29 is 0 Å². The van der Waals surface area contributed by atoms with Crippen molar-refractivity contribution in [2.24, 2.45) is 0 Å². The van der Waals surface area contributed by atoms with Crippen LogP contribution in [0.2, 0.25) is 0 Å². The van der Waals surface area contributed by atoms with Gasteiger partial charge in [0.1, 0.15) is 11.8 Å². The second kappa shape index (κ2) is 7.07. The molecule has 0 aliphatic carbocycles. The van der Waals surface area contributed by atoms with Crippen LogP contribution in [0.5, 0.6) is 0 Å². The Labute approximate surface area is 184 Å². The largest absolute Gasteiger partial charge is 0.361 e. The smallest absolute Gasteiger partial charge is 0.108 e.